The molecule has 3 N–H and O–H groups in total. The molecule has 1 saturated heterocycles. The van der Waals surface area contributed by atoms with Crippen LogP contribution in [0, 0.1) is 17.8 Å². The van der Waals surface area contributed by atoms with Crippen LogP contribution in [0.3, 0.4) is 0 Å². The van der Waals surface area contributed by atoms with Crippen LogP contribution < -0.4 is 10.6 Å². The number of nitrogens with one attached hydrogen (secondary N) is 2. The lowest BCUT2D eigenvalue weighted by molar-refractivity contribution is -0.139. The van der Waals surface area contributed by atoms with E-state index in [-0.39, 0.29) is 36.4 Å². The Kier molecular flexibility index (Phi) is 8.10. The minimum Gasteiger partial charge on any atom is -0.396 e. The summed E-state index contributed by atoms with van der Waals surface area (Å²) in [5.74, 6) is 0.937. The average Bonchev–Trinajstić information content (AvgIpc) is 3.37. The maximum atomic E-state index is 14.1. The maximum absolute atomic E-state index is 14.1. The van der Waals surface area contributed by atoms with Crippen LogP contribution in [-0.4, -0.2) is 47.1 Å². The summed E-state index contributed by atoms with van der Waals surface area (Å²) in [4.78, 5) is 29.0. The van der Waals surface area contributed by atoms with Gasteiger partial charge in [-0.15, -0.1) is 0 Å². The molecule has 2 heterocycles. The highest BCUT2D eigenvalue weighted by atomic mass is 16.3. The van der Waals surface area contributed by atoms with E-state index >= 15 is 0 Å². The van der Waals surface area contributed by atoms with Gasteiger partial charge in [0.05, 0.1) is 12.0 Å². The fourth-order valence-electron chi connectivity index (χ4n) is 6.97. The zero-order valence-corrected chi connectivity index (χ0v) is 21.3. The molecule has 1 aromatic carbocycles. The molecule has 2 aliphatic heterocycles. The lowest BCUT2D eigenvalue weighted by Crippen LogP contribution is -2.51. The van der Waals surface area contributed by atoms with Gasteiger partial charge in [-0.2, -0.15) is 0 Å². The number of rotatable bonds is 8. The molecular weight excluding hydrogens is 450 g/mol. The Hall–Kier alpha value is -2.60. The van der Waals surface area contributed by atoms with E-state index in [4.69, 9.17) is 5.11 Å². The molecule has 6 heteroatoms. The lowest BCUT2D eigenvalue weighted by Gasteiger charge is -2.44. The highest BCUT2D eigenvalue weighted by molar-refractivity contribution is 5.83. The molecule has 194 valence electrons. The van der Waals surface area contributed by atoms with Gasteiger partial charge in [-0.1, -0.05) is 61.8 Å². The van der Waals surface area contributed by atoms with Gasteiger partial charge in [0, 0.05) is 49.2 Å². The molecular formula is C30H41N3O3. The van der Waals surface area contributed by atoms with E-state index in [1.54, 1.807) is 0 Å². The largest absolute Gasteiger partial charge is 0.396 e. The number of unbranched alkanes of at least 4 members (excludes halogenated alkanes) is 2. The van der Waals surface area contributed by atoms with Crippen molar-refractivity contribution < 1.29 is 14.7 Å². The number of nitrogens with zero attached hydrogens (tertiary/aromatic N) is 1. The van der Waals surface area contributed by atoms with Crippen LogP contribution in [-0.2, 0) is 9.59 Å². The molecule has 1 aromatic rings. The van der Waals surface area contributed by atoms with Crippen LogP contribution >= 0.6 is 0 Å². The summed E-state index contributed by atoms with van der Waals surface area (Å²) < 4.78 is 0. The van der Waals surface area contributed by atoms with Crippen molar-refractivity contribution in [2.45, 2.75) is 82.3 Å². The van der Waals surface area contributed by atoms with E-state index in [1.165, 1.54) is 5.56 Å². The molecule has 0 spiro atoms. The Morgan fingerprint density at radius 3 is 2.75 bits per heavy atom. The second kappa shape index (κ2) is 11.6. The number of carbonyl (C=O) groups is 2. The minimum atomic E-state index is -0.142. The molecule has 6 atom stereocenters. The van der Waals surface area contributed by atoms with Crippen molar-refractivity contribution in [1.29, 1.82) is 0 Å². The second-order valence-electron chi connectivity index (χ2n) is 11.0. The first kappa shape index (κ1) is 25.1. The molecule has 5 rings (SSSR count). The smallest absolute Gasteiger partial charge is 0.228 e. The molecule has 0 radical (unpaired) electrons. The predicted octanol–water partition coefficient (Wildman–Crippen LogP) is 4.73. The number of allylic oxidation sites excluding steroid dienone is 3. The Labute approximate surface area is 215 Å². The van der Waals surface area contributed by atoms with E-state index in [9.17, 15) is 9.59 Å². The summed E-state index contributed by atoms with van der Waals surface area (Å²) in [6.45, 7) is 0.956. The molecule has 2 amide bonds. The zero-order chi connectivity index (χ0) is 24.9. The fraction of sp³-hybridized carbons (Fsp3) is 0.600. The molecule has 4 aliphatic rings. The average molecular weight is 492 g/mol. The first-order valence-electron chi connectivity index (χ1n) is 14.1. The quantitative estimate of drug-likeness (QED) is 0.459. The number of amides is 2. The molecule has 1 saturated carbocycles. The molecule has 6 nitrogen and oxygen atoms in total. The normalized spacial score (nSPS) is 30.9. The number of aliphatic hydroxyl groups is 1. The Balaban J connectivity index is 1.33. The van der Waals surface area contributed by atoms with Gasteiger partial charge in [0.15, 0.2) is 0 Å². The van der Waals surface area contributed by atoms with Crippen molar-refractivity contribution in [2.24, 2.45) is 17.8 Å². The maximum Gasteiger partial charge on any atom is 0.228 e. The van der Waals surface area contributed by atoms with E-state index < -0.39 is 0 Å². The topological polar surface area (TPSA) is 81.7 Å². The van der Waals surface area contributed by atoms with E-state index in [0.717, 1.165) is 70.0 Å². The third-order valence-electron chi connectivity index (χ3n) is 8.76. The van der Waals surface area contributed by atoms with Gasteiger partial charge in [0.25, 0.3) is 0 Å². The van der Waals surface area contributed by atoms with Gasteiger partial charge in [-0.3, -0.25) is 9.59 Å². The third kappa shape index (κ3) is 5.24. The molecule has 0 aromatic heterocycles. The summed E-state index contributed by atoms with van der Waals surface area (Å²) >= 11 is 0. The highest BCUT2D eigenvalue weighted by Crippen LogP contribution is 2.49. The number of hydrogen-bond donors (Lipinski definition) is 3. The highest BCUT2D eigenvalue weighted by Gasteiger charge is 2.49. The molecule has 36 heavy (non-hydrogen) atoms. The van der Waals surface area contributed by atoms with Crippen molar-refractivity contribution >= 4 is 17.5 Å². The number of anilines is 1. The van der Waals surface area contributed by atoms with E-state index in [2.05, 4.69) is 64.1 Å². The van der Waals surface area contributed by atoms with Crippen molar-refractivity contribution in [3.8, 4) is 0 Å². The van der Waals surface area contributed by atoms with Crippen molar-refractivity contribution in [1.82, 2.24) is 10.2 Å². The van der Waals surface area contributed by atoms with Crippen LogP contribution in [0.4, 0.5) is 5.69 Å². The monoisotopic (exact) mass is 491 g/mol. The number of benzene rings is 1. The summed E-state index contributed by atoms with van der Waals surface area (Å²) in [7, 11) is 0. The van der Waals surface area contributed by atoms with Crippen LogP contribution in [0.15, 0.2) is 48.6 Å². The van der Waals surface area contributed by atoms with Gasteiger partial charge in [0.1, 0.15) is 0 Å². The number of fused-ring (bicyclic) bond motifs is 3. The second-order valence-corrected chi connectivity index (χ2v) is 11.0. The number of likely N-dealkylation sites (tertiary alicyclic amines) is 1. The van der Waals surface area contributed by atoms with Gasteiger partial charge < -0.3 is 20.6 Å². The first-order chi connectivity index (χ1) is 17.7. The van der Waals surface area contributed by atoms with Gasteiger partial charge in [-0.25, -0.2) is 0 Å². The van der Waals surface area contributed by atoms with Crippen LogP contribution in [0.5, 0.6) is 0 Å². The predicted molar refractivity (Wildman–Crippen MR) is 142 cm³/mol. The van der Waals surface area contributed by atoms with Crippen molar-refractivity contribution in [2.75, 3.05) is 18.5 Å². The fourth-order valence-corrected chi connectivity index (χ4v) is 6.97. The van der Waals surface area contributed by atoms with Gasteiger partial charge >= 0.3 is 0 Å². The molecule has 0 bridgehead atoms. The van der Waals surface area contributed by atoms with E-state index in [1.807, 2.05) is 0 Å². The van der Waals surface area contributed by atoms with E-state index in [0.29, 0.717) is 24.3 Å². The summed E-state index contributed by atoms with van der Waals surface area (Å²) in [6.07, 6.45) is 17.5. The standard InChI is InChI=1S/C30H41N3O3/c34-20-10-2-5-17-27(35)31-26-16-9-7-14-23(26)30(36)33-19-18-24-28(21-11-3-1-4-12-21)32-25-15-8-6-13-22(25)29(24)33/h1,3-4,6,8,11,13,15,21,23-24,26,28-29,32,34H,2,5,7,9-10,12,14,16-20H2,(H,31,35)/t21?,23-,24+,26?,28-,29-/m0/s1. The number of hydrogen-bond acceptors (Lipinski definition) is 4. The molecule has 2 fully saturated rings. The van der Waals surface area contributed by atoms with Crippen LogP contribution in [0.25, 0.3) is 0 Å². The van der Waals surface area contributed by atoms with Crippen LogP contribution in [0.2, 0.25) is 0 Å². The number of aliphatic hydroxyl groups excluding tert-OH is 1. The summed E-state index contributed by atoms with van der Waals surface area (Å²) in [5, 5.41) is 16.0. The lowest BCUT2D eigenvalue weighted by atomic mass is 9.75. The Morgan fingerprint density at radius 2 is 1.92 bits per heavy atom. The minimum absolute atomic E-state index is 0.0429. The number of carbonyl (C=O) groups excluding carboxylic acids is 2. The van der Waals surface area contributed by atoms with Crippen LogP contribution in [0.1, 0.15) is 75.8 Å². The Bertz CT molecular complexity index is 989. The first-order valence-corrected chi connectivity index (χ1v) is 14.1. The summed E-state index contributed by atoms with van der Waals surface area (Å²) in [6, 6.07) is 8.83. The SMILES string of the molecule is O=C(CCCCCO)NC1CCCC[C@@H]1C(=O)N1CC[C@@H]2[C@H](C3C=CC=CC3)Nc3ccccc3[C@@H]21. The van der Waals surface area contributed by atoms with Crippen molar-refractivity contribution in [3.05, 3.63) is 54.1 Å². The molecule has 2 aliphatic carbocycles. The van der Waals surface area contributed by atoms with Crippen molar-refractivity contribution in [3.63, 3.8) is 0 Å². The third-order valence-corrected chi connectivity index (χ3v) is 8.76. The van der Waals surface area contributed by atoms with Gasteiger partial charge in [-0.05, 0) is 50.2 Å². The summed E-state index contributed by atoms with van der Waals surface area (Å²) in [5.41, 5.74) is 2.39. The zero-order valence-electron chi connectivity index (χ0n) is 21.3. The Morgan fingerprint density at radius 1 is 1.06 bits per heavy atom. The molecule has 2 unspecified atom stereocenters. The van der Waals surface area contributed by atoms with Gasteiger partial charge in [0.2, 0.25) is 11.8 Å². The number of para-hydroxylation sites is 1.